The van der Waals surface area contributed by atoms with E-state index in [2.05, 4.69) is 32.2 Å². The van der Waals surface area contributed by atoms with Crippen LogP contribution in [0.2, 0.25) is 0 Å². The number of aliphatic hydroxyl groups is 9. The van der Waals surface area contributed by atoms with Crippen LogP contribution in [0.1, 0.15) is 107 Å². The number of aliphatic hydroxyl groups excluding tert-OH is 8. The minimum absolute atomic E-state index is 0.0192. The van der Waals surface area contributed by atoms with E-state index in [1.807, 2.05) is 13.8 Å². The summed E-state index contributed by atoms with van der Waals surface area (Å²) in [7, 11) is 0. The number of ether oxygens (including phenoxy) is 4. The molecule has 0 radical (unpaired) electrons. The molecule has 57 heavy (non-hydrogen) atoms. The first-order valence-electron chi connectivity index (χ1n) is 21.1. The van der Waals surface area contributed by atoms with Gasteiger partial charge < -0.3 is 64.9 Å². The lowest BCUT2D eigenvalue weighted by molar-refractivity contribution is -0.382. The van der Waals surface area contributed by atoms with Crippen molar-refractivity contribution in [1.82, 2.24) is 0 Å². The molecule has 0 aromatic carbocycles. The minimum Gasteiger partial charge on any atom is -0.394 e. The van der Waals surface area contributed by atoms with Crippen molar-refractivity contribution in [3.8, 4) is 0 Å². The first-order chi connectivity index (χ1) is 26.4. The van der Waals surface area contributed by atoms with Gasteiger partial charge >= 0.3 is 0 Å². The standard InChI is InChI=1S/C42H72O15/c1-19(2)23(57-52)11-15-42(9,51)21-10-14-40(7)28(21)22(44)16-26-39(6)13-12-27(45)38(4,5)35(39)24(17-41(26,40)8)54-37-34(32(49)30(47)25(18-43)55-37)56-36-33(50)31(48)29(46)20(3)53-36/h20-37,43-52H,1,10-18H2,2-9H3/t20-,21-,22+,23+,24-,25+,26+,27-,28-,29-,30+,31+,32-,33+,34+,35-,36-,37+,39+,40+,41+,42-/m0/s1. The predicted octanol–water partition coefficient (Wildman–Crippen LogP) is 1.62. The molecule has 4 saturated carbocycles. The summed E-state index contributed by atoms with van der Waals surface area (Å²) in [6, 6.07) is 0. The molecule has 0 amide bonds. The fourth-order valence-electron chi connectivity index (χ4n) is 13.5. The van der Waals surface area contributed by atoms with Crippen LogP contribution < -0.4 is 0 Å². The van der Waals surface area contributed by atoms with Crippen molar-refractivity contribution in [2.24, 2.45) is 45.3 Å². The fraction of sp³-hybridized carbons (Fsp3) is 0.952. The van der Waals surface area contributed by atoms with Crippen LogP contribution in [0.3, 0.4) is 0 Å². The molecule has 4 aliphatic carbocycles. The first kappa shape index (κ1) is 45.7. The molecule has 0 aromatic rings. The van der Waals surface area contributed by atoms with Gasteiger partial charge in [-0.05, 0) is 123 Å². The van der Waals surface area contributed by atoms with E-state index in [1.54, 1.807) is 13.8 Å². The molecule has 15 nitrogen and oxygen atoms in total. The van der Waals surface area contributed by atoms with Crippen LogP contribution in [0.5, 0.6) is 0 Å². The van der Waals surface area contributed by atoms with Gasteiger partial charge in [0.05, 0.1) is 36.6 Å². The van der Waals surface area contributed by atoms with Crippen LogP contribution in [-0.2, 0) is 23.8 Å². The molecule has 0 spiro atoms. The zero-order chi connectivity index (χ0) is 42.4. The Morgan fingerprint density at radius 2 is 1.53 bits per heavy atom. The Balaban J connectivity index is 1.37. The second kappa shape index (κ2) is 16.1. The van der Waals surface area contributed by atoms with Crippen LogP contribution in [0.15, 0.2) is 12.2 Å². The van der Waals surface area contributed by atoms with Crippen LogP contribution >= 0.6 is 0 Å². The molecule has 22 atom stereocenters. The maximum atomic E-state index is 12.3. The summed E-state index contributed by atoms with van der Waals surface area (Å²) in [5.41, 5.74) is -2.74. The minimum atomic E-state index is -1.72. The van der Waals surface area contributed by atoms with Gasteiger partial charge in [0.25, 0.3) is 0 Å². The number of fused-ring (bicyclic) bond motifs is 5. The van der Waals surface area contributed by atoms with Crippen molar-refractivity contribution in [3.63, 3.8) is 0 Å². The lowest BCUT2D eigenvalue weighted by Gasteiger charge is -2.72. The average molecular weight is 817 g/mol. The van der Waals surface area contributed by atoms with E-state index in [-0.39, 0.29) is 23.7 Å². The van der Waals surface area contributed by atoms with Crippen LogP contribution in [-0.4, -0.2) is 149 Å². The Morgan fingerprint density at radius 3 is 2.14 bits per heavy atom. The molecule has 15 heteroatoms. The molecular formula is C42H72O15. The van der Waals surface area contributed by atoms with E-state index >= 15 is 0 Å². The Kier molecular flexibility index (Phi) is 12.9. The van der Waals surface area contributed by atoms with Crippen LogP contribution in [0.25, 0.3) is 0 Å². The van der Waals surface area contributed by atoms with Crippen LogP contribution in [0.4, 0.5) is 0 Å². The summed E-state index contributed by atoms with van der Waals surface area (Å²) in [4.78, 5) is 4.66. The van der Waals surface area contributed by atoms with Crippen LogP contribution in [0, 0.1) is 45.3 Å². The molecule has 0 bridgehead atoms. The van der Waals surface area contributed by atoms with Crippen molar-refractivity contribution in [1.29, 1.82) is 0 Å². The highest BCUT2D eigenvalue weighted by Gasteiger charge is 2.73. The third kappa shape index (κ3) is 7.39. The number of rotatable bonds is 11. The molecular weight excluding hydrogens is 744 g/mol. The van der Waals surface area contributed by atoms with Crippen molar-refractivity contribution in [2.45, 2.75) is 198 Å². The molecule has 0 unspecified atom stereocenters. The topological polar surface area (TPSA) is 248 Å². The molecule has 6 fully saturated rings. The summed E-state index contributed by atoms with van der Waals surface area (Å²) < 4.78 is 25.1. The molecule has 2 heterocycles. The van der Waals surface area contributed by atoms with Gasteiger partial charge in [0.2, 0.25) is 0 Å². The second-order valence-corrected chi connectivity index (χ2v) is 20.4. The maximum absolute atomic E-state index is 12.3. The van der Waals surface area contributed by atoms with Gasteiger partial charge in [0.15, 0.2) is 12.6 Å². The summed E-state index contributed by atoms with van der Waals surface area (Å²) in [6.07, 6.45) is -13.3. The summed E-state index contributed by atoms with van der Waals surface area (Å²) in [5.74, 6) is -0.893. The lowest BCUT2D eigenvalue weighted by atomic mass is 9.34. The largest absolute Gasteiger partial charge is 0.394 e. The molecule has 6 aliphatic rings. The number of hydrogen-bond donors (Lipinski definition) is 10. The summed E-state index contributed by atoms with van der Waals surface area (Å²) >= 11 is 0. The first-order valence-corrected chi connectivity index (χ1v) is 21.1. The number of hydrogen-bond acceptors (Lipinski definition) is 15. The molecule has 10 N–H and O–H groups in total. The van der Waals surface area contributed by atoms with Crippen molar-refractivity contribution >= 4 is 0 Å². The third-order valence-electron chi connectivity index (χ3n) is 16.9. The van der Waals surface area contributed by atoms with Gasteiger partial charge in [-0.25, -0.2) is 4.89 Å². The summed E-state index contributed by atoms with van der Waals surface area (Å²) in [5, 5.41) is 110. The quantitative estimate of drug-likeness (QED) is 0.0616. The Morgan fingerprint density at radius 1 is 0.860 bits per heavy atom. The Hall–Kier alpha value is -0.860. The van der Waals surface area contributed by atoms with Gasteiger partial charge in [-0.2, -0.15) is 0 Å². The van der Waals surface area contributed by atoms with E-state index in [0.29, 0.717) is 50.5 Å². The van der Waals surface area contributed by atoms with Gasteiger partial charge in [-0.3, -0.25) is 5.26 Å². The lowest BCUT2D eigenvalue weighted by Crippen LogP contribution is -2.71. The van der Waals surface area contributed by atoms with E-state index in [1.165, 1.54) is 6.92 Å². The summed E-state index contributed by atoms with van der Waals surface area (Å²) in [6.45, 7) is 19.0. The Labute approximate surface area is 336 Å². The molecule has 0 aromatic heterocycles. The van der Waals surface area contributed by atoms with Gasteiger partial charge in [-0.1, -0.05) is 41.2 Å². The van der Waals surface area contributed by atoms with E-state index in [9.17, 15) is 51.2 Å². The monoisotopic (exact) mass is 816 g/mol. The van der Waals surface area contributed by atoms with Gasteiger partial charge in [0.1, 0.15) is 48.8 Å². The Bertz CT molecular complexity index is 1430. The van der Waals surface area contributed by atoms with Crippen molar-refractivity contribution < 1.29 is 75.1 Å². The highest BCUT2D eigenvalue weighted by Crippen LogP contribution is 2.76. The van der Waals surface area contributed by atoms with Crippen molar-refractivity contribution in [3.05, 3.63) is 12.2 Å². The highest BCUT2D eigenvalue weighted by molar-refractivity contribution is 5.22. The van der Waals surface area contributed by atoms with Crippen molar-refractivity contribution in [2.75, 3.05) is 6.61 Å². The normalized spacial score (nSPS) is 52.6. The second-order valence-electron chi connectivity index (χ2n) is 20.4. The highest BCUT2D eigenvalue weighted by atomic mass is 17.1. The molecule has 2 aliphatic heterocycles. The molecule has 2 saturated heterocycles. The SMILES string of the molecule is C=C(C)[C@@H](CC[C@](C)(O)[C@H]1CC[C@]2(C)[C@@H]1[C@H](O)C[C@@H]1[C@@]3(C)CC[C@H](O)C(C)(C)[C@@H]3[C@@H](O[C@@H]3O[C@H](CO)[C@@H](O)[C@H](O)[C@H]3O[C@@H]3O[C@@H](C)[C@H](O)[C@@H](O)[C@H]3O)C[C@]12C)OO. The zero-order valence-electron chi connectivity index (χ0n) is 35.0. The third-order valence-corrected chi connectivity index (χ3v) is 16.9. The predicted molar refractivity (Wildman–Crippen MR) is 204 cm³/mol. The zero-order valence-corrected chi connectivity index (χ0v) is 35.0. The van der Waals surface area contributed by atoms with Gasteiger partial charge in [0, 0.05) is 0 Å². The van der Waals surface area contributed by atoms with Gasteiger partial charge in [-0.15, -0.1) is 0 Å². The average Bonchev–Trinajstić information content (AvgIpc) is 3.52. The molecule has 330 valence electrons. The fourth-order valence-corrected chi connectivity index (χ4v) is 13.5. The smallest absolute Gasteiger partial charge is 0.187 e. The van der Waals surface area contributed by atoms with E-state index in [4.69, 9.17) is 18.9 Å². The van der Waals surface area contributed by atoms with E-state index < -0.39 is 120 Å². The maximum Gasteiger partial charge on any atom is 0.187 e. The molecule has 6 rings (SSSR count). The van der Waals surface area contributed by atoms with E-state index in [0.717, 1.165) is 6.42 Å².